The fraction of sp³-hybridized carbons (Fsp3) is 0.304. The number of para-hydroxylation sites is 1. The standard InChI is InChI=1S/C23H26N4O5/c1-12-18(15(4)28)13(2)24-19(12)23(31)32-16(5)21(29)25-20-14(3)26(6)27(22(20)30)17-10-8-7-9-11-17/h7-11,16,24H,1-6H3,(H,25,29). The van der Waals surface area contributed by atoms with E-state index in [1.165, 1.54) is 18.5 Å². The first-order valence-corrected chi connectivity index (χ1v) is 10.1. The number of aromatic nitrogens is 3. The fourth-order valence-electron chi connectivity index (χ4n) is 3.69. The molecule has 0 spiro atoms. The molecule has 3 aromatic rings. The van der Waals surface area contributed by atoms with Gasteiger partial charge in [-0.2, -0.15) is 0 Å². The average Bonchev–Trinajstić information content (AvgIpc) is 3.15. The maximum atomic E-state index is 12.9. The van der Waals surface area contributed by atoms with E-state index in [1.54, 1.807) is 44.6 Å². The summed E-state index contributed by atoms with van der Waals surface area (Å²) in [6.45, 7) is 7.87. The quantitative estimate of drug-likeness (QED) is 0.454. The van der Waals surface area contributed by atoms with Crippen molar-refractivity contribution in [2.45, 2.75) is 40.7 Å². The number of H-pyrrole nitrogens is 1. The maximum absolute atomic E-state index is 12.9. The molecule has 0 saturated heterocycles. The van der Waals surface area contributed by atoms with Crippen molar-refractivity contribution in [3.63, 3.8) is 0 Å². The second-order valence-corrected chi connectivity index (χ2v) is 7.65. The highest BCUT2D eigenvalue weighted by molar-refractivity contribution is 6.02. The van der Waals surface area contributed by atoms with E-state index < -0.39 is 23.5 Å². The number of ether oxygens (including phenoxy) is 1. The number of carbonyl (C=O) groups is 3. The zero-order valence-corrected chi connectivity index (χ0v) is 18.9. The smallest absolute Gasteiger partial charge is 0.355 e. The Balaban J connectivity index is 1.80. The molecular weight excluding hydrogens is 412 g/mol. The summed E-state index contributed by atoms with van der Waals surface area (Å²) in [7, 11) is 1.71. The molecule has 0 aliphatic heterocycles. The Kier molecular flexibility index (Phi) is 6.20. The summed E-state index contributed by atoms with van der Waals surface area (Å²) >= 11 is 0. The van der Waals surface area contributed by atoms with Crippen LogP contribution in [0, 0.1) is 20.8 Å². The summed E-state index contributed by atoms with van der Waals surface area (Å²) in [5.41, 5.74) is 2.48. The van der Waals surface area contributed by atoms with E-state index in [2.05, 4.69) is 10.3 Å². The SMILES string of the molecule is CC(=O)c1c(C)[nH]c(C(=O)OC(C)C(=O)Nc2c(C)n(C)n(-c3ccccc3)c2=O)c1C. The maximum Gasteiger partial charge on any atom is 0.355 e. The largest absolute Gasteiger partial charge is 0.448 e. The van der Waals surface area contributed by atoms with Crippen LogP contribution >= 0.6 is 0 Å². The van der Waals surface area contributed by atoms with Crippen LogP contribution < -0.4 is 10.9 Å². The molecule has 0 fully saturated rings. The van der Waals surface area contributed by atoms with Crippen molar-refractivity contribution < 1.29 is 19.1 Å². The summed E-state index contributed by atoms with van der Waals surface area (Å²) in [6.07, 6.45) is -1.17. The molecule has 0 saturated carbocycles. The lowest BCUT2D eigenvalue weighted by molar-refractivity contribution is -0.123. The topological polar surface area (TPSA) is 115 Å². The Labute approximate surface area is 185 Å². The zero-order valence-electron chi connectivity index (χ0n) is 18.9. The minimum atomic E-state index is -1.17. The molecule has 9 nitrogen and oxygen atoms in total. The van der Waals surface area contributed by atoms with E-state index in [0.717, 1.165) is 0 Å². The number of rotatable bonds is 6. The number of aryl methyl sites for hydroxylation is 1. The predicted octanol–water partition coefficient (Wildman–Crippen LogP) is 2.82. The molecule has 2 N–H and O–H groups in total. The normalized spacial score (nSPS) is 11.8. The minimum Gasteiger partial charge on any atom is -0.448 e. The number of Topliss-reactive ketones (excluding diaryl/α,β-unsaturated/α-hetero) is 1. The lowest BCUT2D eigenvalue weighted by Crippen LogP contribution is -2.32. The number of hydrogen-bond acceptors (Lipinski definition) is 5. The number of hydrogen-bond donors (Lipinski definition) is 2. The van der Waals surface area contributed by atoms with E-state index in [4.69, 9.17) is 4.74 Å². The number of ketones is 1. The van der Waals surface area contributed by atoms with Gasteiger partial charge in [0.2, 0.25) is 0 Å². The van der Waals surface area contributed by atoms with E-state index in [9.17, 15) is 19.2 Å². The summed E-state index contributed by atoms with van der Waals surface area (Å²) in [5, 5.41) is 2.58. The number of benzene rings is 1. The highest BCUT2D eigenvalue weighted by atomic mass is 16.5. The van der Waals surface area contributed by atoms with Crippen molar-refractivity contribution in [2.75, 3.05) is 5.32 Å². The molecule has 0 radical (unpaired) electrons. The molecule has 1 atom stereocenters. The molecular formula is C23H26N4O5. The Bertz CT molecular complexity index is 1260. The highest BCUT2D eigenvalue weighted by Gasteiger charge is 2.26. The fourth-order valence-corrected chi connectivity index (χ4v) is 3.69. The predicted molar refractivity (Wildman–Crippen MR) is 120 cm³/mol. The van der Waals surface area contributed by atoms with Crippen LogP contribution in [0.4, 0.5) is 5.69 Å². The molecule has 32 heavy (non-hydrogen) atoms. The van der Waals surface area contributed by atoms with Gasteiger partial charge in [-0.05, 0) is 52.3 Å². The first-order valence-electron chi connectivity index (χ1n) is 10.1. The van der Waals surface area contributed by atoms with E-state index in [-0.39, 0.29) is 17.2 Å². The number of amides is 1. The number of carbonyl (C=O) groups excluding carboxylic acids is 3. The molecule has 0 aliphatic carbocycles. The Hall–Kier alpha value is -3.88. The summed E-state index contributed by atoms with van der Waals surface area (Å²) in [5.74, 6) is -1.57. The van der Waals surface area contributed by atoms with Gasteiger partial charge in [0, 0.05) is 18.3 Å². The van der Waals surface area contributed by atoms with Crippen molar-refractivity contribution in [1.82, 2.24) is 14.3 Å². The van der Waals surface area contributed by atoms with Crippen molar-refractivity contribution in [2.24, 2.45) is 7.05 Å². The van der Waals surface area contributed by atoms with Crippen molar-refractivity contribution in [1.29, 1.82) is 0 Å². The van der Waals surface area contributed by atoms with Crippen LogP contribution in [0.1, 0.15) is 51.6 Å². The van der Waals surface area contributed by atoms with Gasteiger partial charge in [0.05, 0.1) is 11.4 Å². The van der Waals surface area contributed by atoms with Crippen molar-refractivity contribution in [3.8, 4) is 5.69 Å². The van der Waals surface area contributed by atoms with Gasteiger partial charge in [-0.1, -0.05) is 18.2 Å². The van der Waals surface area contributed by atoms with Gasteiger partial charge in [-0.25, -0.2) is 9.48 Å². The molecule has 2 heterocycles. The Morgan fingerprint density at radius 2 is 1.72 bits per heavy atom. The second kappa shape index (κ2) is 8.70. The summed E-state index contributed by atoms with van der Waals surface area (Å²) in [4.78, 5) is 52.9. The second-order valence-electron chi connectivity index (χ2n) is 7.65. The number of nitrogens with one attached hydrogen (secondary N) is 2. The van der Waals surface area contributed by atoms with E-state index >= 15 is 0 Å². The molecule has 1 amide bonds. The first kappa shape index (κ1) is 22.8. The summed E-state index contributed by atoms with van der Waals surface area (Å²) < 4.78 is 8.37. The van der Waals surface area contributed by atoms with Crippen molar-refractivity contribution >= 4 is 23.3 Å². The monoisotopic (exact) mass is 438 g/mol. The third kappa shape index (κ3) is 4.01. The molecule has 0 bridgehead atoms. The number of esters is 1. The van der Waals surface area contributed by atoms with E-state index in [1.807, 2.05) is 18.2 Å². The average molecular weight is 438 g/mol. The molecule has 1 unspecified atom stereocenters. The number of aromatic amines is 1. The van der Waals surface area contributed by atoms with Crippen LogP contribution in [0.15, 0.2) is 35.1 Å². The van der Waals surface area contributed by atoms with Gasteiger partial charge in [-0.15, -0.1) is 0 Å². The zero-order chi connectivity index (χ0) is 23.7. The Morgan fingerprint density at radius 3 is 2.28 bits per heavy atom. The van der Waals surface area contributed by atoms with Crippen LogP contribution in [0.2, 0.25) is 0 Å². The van der Waals surface area contributed by atoms with Crippen molar-refractivity contribution in [3.05, 3.63) is 68.9 Å². The van der Waals surface area contributed by atoms with Crippen LogP contribution in [0.3, 0.4) is 0 Å². The van der Waals surface area contributed by atoms with Crippen LogP contribution in [0.25, 0.3) is 5.69 Å². The minimum absolute atomic E-state index is 0.106. The summed E-state index contributed by atoms with van der Waals surface area (Å²) in [6, 6.07) is 9.03. The number of nitrogens with zero attached hydrogens (tertiary/aromatic N) is 2. The number of anilines is 1. The third-order valence-corrected chi connectivity index (χ3v) is 5.45. The molecule has 0 aliphatic rings. The van der Waals surface area contributed by atoms with Gasteiger partial charge in [-0.3, -0.25) is 19.1 Å². The third-order valence-electron chi connectivity index (χ3n) is 5.45. The van der Waals surface area contributed by atoms with Crippen LogP contribution in [-0.4, -0.2) is 38.1 Å². The molecule has 168 valence electrons. The van der Waals surface area contributed by atoms with Gasteiger partial charge >= 0.3 is 5.97 Å². The lowest BCUT2D eigenvalue weighted by Gasteiger charge is -2.13. The lowest BCUT2D eigenvalue weighted by atomic mass is 10.1. The first-order chi connectivity index (χ1) is 15.0. The molecule has 1 aromatic carbocycles. The highest BCUT2D eigenvalue weighted by Crippen LogP contribution is 2.20. The van der Waals surface area contributed by atoms with Gasteiger partial charge in [0.25, 0.3) is 11.5 Å². The van der Waals surface area contributed by atoms with Gasteiger partial charge in [0.1, 0.15) is 11.4 Å². The molecule has 3 rings (SSSR count). The van der Waals surface area contributed by atoms with E-state index in [0.29, 0.717) is 28.2 Å². The van der Waals surface area contributed by atoms with Crippen LogP contribution in [-0.2, 0) is 16.6 Å². The van der Waals surface area contributed by atoms with Gasteiger partial charge in [0.15, 0.2) is 11.9 Å². The molecule has 2 aromatic heterocycles. The van der Waals surface area contributed by atoms with Gasteiger partial charge < -0.3 is 15.0 Å². The molecule has 9 heteroatoms. The van der Waals surface area contributed by atoms with Crippen LogP contribution in [0.5, 0.6) is 0 Å². The Morgan fingerprint density at radius 1 is 1.09 bits per heavy atom.